The number of carboxylic acids is 1. The van der Waals surface area contributed by atoms with Crippen molar-refractivity contribution in [3.05, 3.63) is 0 Å². The molecule has 3 saturated heterocycles. The molecule has 5 nitrogen and oxygen atoms in total. The lowest BCUT2D eigenvalue weighted by molar-refractivity contribution is -0.157. The summed E-state index contributed by atoms with van der Waals surface area (Å²) >= 11 is 0. The van der Waals surface area contributed by atoms with E-state index in [-0.39, 0.29) is 17.4 Å². The lowest BCUT2D eigenvalue weighted by Gasteiger charge is -2.49. The molecule has 22 heavy (non-hydrogen) atoms. The van der Waals surface area contributed by atoms with Crippen molar-refractivity contribution in [2.75, 3.05) is 19.6 Å². The molecule has 0 radical (unpaired) electrons. The third-order valence-electron chi connectivity index (χ3n) is 6.57. The molecule has 1 amide bonds. The second kappa shape index (κ2) is 5.22. The van der Waals surface area contributed by atoms with Gasteiger partial charge in [-0.3, -0.25) is 14.5 Å². The van der Waals surface area contributed by atoms with Crippen molar-refractivity contribution in [2.24, 2.45) is 11.8 Å². The fourth-order valence-electron chi connectivity index (χ4n) is 5.39. The maximum atomic E-state index is 13.0. The first-order valence-electron chi connectivity index (χ1n) is 8.87. The number of amides is 1. The zero-order chi connectivity index (χ0) is 15.3. The Hall–Kier alpha value is -1.10. The Morgan fingerprint density at radius 1 is 1.05 bits per heavy atom. The van der Waals surface area contributed by atoms with E-state index in [2.05, 4.69) is 9.80 Å². The fraction of sp³-hybridized carbons (Fsp3) is 0.882. The Bertz CT molecular complexity index is 472. The molecule has 0 aromatic carbocycles. The first kappa shape index (κ1) is 14.5. The van der Waals surface area contributed by atoms with E-state index >= 15 is 0 Å². The van der Waals surface area contributed by atoms with E-state index in [9.17, 15) is 9.59 Å². The van der Waals surface area contributed by atoms with Crippen molar-refractivity contribution in [1.29, 1.82) is 0 Å². The van der Waals surface area contributed by atoms with E-state index < -0.39 is 5.97 Å². The topological polar surface area (TPSA) is 60.9 Å². The third-order valence-corrected chi connectivity index (χ3v) is 6.57. The largest absolute Gasteiger partial charge is 0.481 e. The van der Waals surface area contributed by atoms with Crippen LogP contribution in [0.15, 0.2) is 0 Å². The van der Waals surface area contributed by atoms with Crippen molar-refractivity contribution in [3.63, 3.8) is 0 Å². The van der Waals surface area contributed by atoms with Crippen LogP contribution in [0, 0.1) is 11.8 Å². The Labute approximate surface area is 131 Å². The molecule has 0 aromatic rings. The lowest BCUT2D eigenvalue weighted by atomic mass is 9.66. The SMILES string of the molecule is O=C(O)C1CC2(CCCN2C(=O)C2CC3CCCCN3C2)C1. The molecule has 4 aliphatic rings. The van der Waals surface area contributed by atoms with Gasteiger partial charge in [0.15, 0.2) is 0 Å². The monoisotopic (exact) mass is 306 g/mol. The van der Waals surface area contributed by atoms with Crippen LogP contribution in [0.1, 0.15) is 51.4 Å². The molecule has 4 rings (SSSR count). The summed E-state index contributed by atoms with van der Waals surface area (Å²) in [5.74, 6) is -0.455. The highest BCUT2D eigenvalue weighted by Gasteiger charge is 2.56. The summed E-state index contributed by atoms with van der Waals surface area (Å²) < 4.78 is 0. The number of carbonyl (C=O) groups is 2. The van der Waals surface area contributed by atoms with Gasteiger partial charge in [0, 0.05) is 24.7 Å². The predicted molar refractivity (Wildman–Crippen MR) is 81.4 cm³/mol. The molecule has 1 saturated carbocycles. The van der Waals surface area contributed by atoms with Crippen LogP contribution in [0.3, 0.4) is 0 Å². The maximum Gasteiger partial charge on any atom is 0.306 e. The van der Waals surface area contributed by atoms with Gasteiger partial charge in [-0.2, -0.15) is 0 Å². The van der Waals surface area contributed by atoms with Gasteiger partial charge in [0.2, 0.25) is 5.91 Å². The number of hydrogen-bond donors (Lipinski definition) is 1. The number of fused-ring (bicyclic) bond motifs is 1. The Balaban J connectivity index is 1.43. The zero-order valence-corrected chi connectivity index (χ0v) is 13.2. The average Bonchev–Trinajstić information content (AvgIpc) is 3.08. The van der Waals surface area contributed by atoms with Gasteiger partial charge in [0.05, 0.1) is 11.8 Å². The second-order valence-electron chi connectivity index (χ2n) is 7.84. The van der Waals surface area contributed by atoms with E-state index in [1.54, 1.807) is 0 Å². The number of carboxylic acid groups (broad SMARTS) is 1. The number of nitrogens with zero attached hydrogens (tertiary/aromatic N) is 2. The van der Waals surface area contributed by atoms with Crippen LogP contribution in [-0.2, 0) is 9.59 Å². The van der Waals surface area contributed by atoms with Crippen LogP contribution >= 0.6 is 0 Å². The molecule has 1 spiro atoms. The van der Waals surface area contributed by atoms with Crippen molar-refractivity contribution in [1.82, 2.24) is 9.80 Å². The third kappa shape index (κ3) is 2.16. The molecule has 0 bridgehead atoms. The summed E-state index contributed by atoms with van der Waals surface area (Å²) in [5.41, 5.74) is -0.108. The van der Waals surface area contributed by atoms with Crippen molar-refractivity contribution >= 4 is 11.9 Å². The summed E-state index contributed by atoms with van der Waals surface area (Å²) in [6.45, 7) is 2.92. The summed E-state index contributed by atoms with van der Waals surface area (Å²) in [6.07, 6.45) is 8.23. The number of piperidine rings is 1. The summed E-state index contributed by atoms with van der Waals surface area (Å²) in [7, 11) is 0. The lowest BCUT2D eigenvalue weighted by Crippen LogP contribution is -2.58. The highest BCUT2D eigenvalue weighted by molar-refractivity contribution is 5.81. The maximum absolute atomic E-state index is 13.0. The Kier molecular flexibility index (Phi) is 3.44. The summed E-state index contributed by atoms with van der Waals surface area (Å²) in [6, 6.07) is 0.620. The molecular weight excluding hydrogens is 280 g/mol. The van der Waals surface area contributed by atoms with E-state index in [0.717, 1.165) is 38.9 Å². The van der Waals surface area contributed by atoms with Crippen LogP contribution in [-0.4, -0.2) is 58.0 Å². The molecule has 1 aliphatic carbocycles. The van der Waals surface area contributed by atoms with E-state index in [1.807, 2.05) is 0 Å². The van der Waals surface area contributed by atoms with Crippen LogP contribution in [0.25, 0.3) is 0 Å². The molecule has 3 heterocycles. The van der Waals surface area contributed by atoms with Crippen LogP contribution in [0.5, 0.6) is 0 Å². The first-order valence-corrected chi connectivity index (χ1v) is 8.87. The average molecular weight is 306 g/mol. The summed E-state index contributed by atoms with van der Waals surface area (Å²) in [5, 5.41) is 9.14. The molecule has 2 atom stereocenters. The van der Waals surface area contributed by atoms with Gasteiger partial charge < -0.3 is 10.0 Å². The van der Waals surface area contributed by atoms with Gasteiger partial charge in [-0.15, -0.1) is 0 Å². The molecule has 4 fully saturated rings. The van der Waals surface area contributed by atoms with Crippen molar-refractivity contribution in [2.45, 2.75) is 62.9 Å². The number of aliphatic carboxylic acids is 1. The quantitative estimate of drug-likeness (QED) is 0.844. The van der Waals surface area contributed by atoms with Crippen molar-refractivity contribution in [3.8, 4) is 0 Å². The first-order chi connectivity index (χ1) is 10.6. The molecule has 2 unspecified atom stereocenters. The molecule has 0 aromatic heterocycles. The highest BCUT2D eigenvalue weighted by atomic mass is 16.4. The molecule has 3 aliphatic heterocycles. The number of rotatable bonds is 2. The van der Waals surface area contributed by atoms with Gasteiger partial charge in [-0.05, 0) is 51.5 Å². The van der Waals surface area contributed by atoms with Crippen molar-refractivity contribution < 1.29 is 14.7 Å². The molecule has 5 heteroatoms. The minimum Gasteiger partial charge on any atom is -0.481 e. The number of carbonyl (C=O) groups excluding carboxylic acids is 1. The van der Waals surface area contributed by atoms with E-state index in [1.165, 1.54) is 19.3 Å². The minimum absolute atomic E-state index is 0.108. The van der Waals surface area contributed by atoms with Gasteiger partial charge in [0.1, 0.15) is 0 Å². The number of hydrogen-bond acceptors (Lipinski definition) is 3. The van der Waals surface area contributed by atoms with Crippen LogP contribution < -0.4 is 0 Å². The van der Waals surface area contributed by atoms with Crippen LogP contribution in [0.4, 0.5) is 0 Å². The normalized spacial score (nSPS) is 41.5. The Morgan fingerprint density at radius 2 is 1.86 bits per heavy atom. The number of likely N-dealkylation sites (tertiary alicyclic amines) is 1. The zero-order valence-electron chi connectivity index (χ0n) is 13.2. The van der Waals surface area contributed by atoms with Gasteiger partial charge in [-0.1, -0.05) is 6.42 Å². The fourth-order valence-corrected chi connectivity index (χ4v) is 5.39. The Morgan fingerprint density at radius 3 is 2.59 bits per heavy atom. The molecule has 1 N–H and O–H groups in total. The van der Waals surface area contributed by atoms with E-state index in [4.69, 9.17) is 5.11 Å². The highest BCUT2D eigenvalue weighted by Crippen LogP contribution is 2.50. The smallest absolute Gasteiger partial charge is 0.306 e. The van der Waals surface area contributed by atoms with Gasteiger partial charge in [-0.25, -0.2) is 0 Å². The predicted octanol–water partition coefficient (Wildman–Crippen LogP) is 1.72. The molecule has 122 valence electrons. The summed E-state index contributed by atoms with van der Waals surface area (Å²) in [4.78, 5) is 28.7. The van der Waals surface area contributed by atoms with Gasteiger partial charge in [0.25, 0.3) is 0 Å². The standard InChI is InChI=1S/C17H26N2O3/c20-15(12-8-14-4-1-2-6-18(14)11-12)19-7-3-5-17(19)9-13(10-17)16(21)22/h12-14H,1-11H2,(H,21,22). The van der Waals surface area contributed by atoms with E-state index in [0.29, 0.717) is 24.8 Å². The minimum atomic E-state index is -0.692. The molecular formula is C17H26N2O3. The van der Waals surface area contributed by atoms with Crippen LogP contribution in [0.2, 0.25) is 0 Å². The second-order valence-corrected chi connectivity index (χ2v) is 7.84. The van der Waals surface area contributed by atoms with Gasteiger partial charge >= 0.3 is 5.97 Å².